The van der Waals surface area contributed by atoms with Gasteiger partial charge >= 0.3 is 5.97 Å². The molecule has 1 aliphatic rings. The third-order valence-electron chi connectivity index (χ3n) is 5.53. The highest BCUT2D eigenvalue weighted by molar-refractivity contribution is 5.69. The Labute approximate surface area is 165 Å². The highest BCUT2D eigenvalue weighted by Gasteiger charge is 2.31. The fourth-order valence-corrected chi connectivity index (χ4v) is 4.17. The molecule has 1 atom stereocenters. The highest BCUT2D eigenvalue weighted by atomic mass is 19.1. The van der Waals surface area contributed by atoms with Crippen molar-refractivity contribution in [3.8, 4) is 0 Å². The molecule has 0 aromatic heterocycles. The van der Waals surface area contributed by atoms with E-state index in [4.69, 9.17) is 5.11 Å². The predicted molar refractivity (Wildman–Crippen MR) is 107 cm³/mol. The number of anilines is 1. The van der Waals surface area contributed by atoms with E-state index in [1.54, 1.807) is 6.92 Å². The average molecular weight is 394 g/mol. The van der Waals surface area contributed by atoms with Crippen LogP contribution in [0.4, 0.5) is 15.8 Å². The fraction of sp³-hybridized carbons (Fsp3) is 0.667. The van der Waals surface area contributed by atoms with Gasteiger partial charge in [0.2, 0.25) is 0 Å². The molecule has 0 spiro atoms. The molecular formula is C21H31FN2O4. The van der Waals surface area contributed by atoms with Crippen LogP contribution in [-0.2, 0) is 4.79 Å². The normalized spacial score (nSPS) is 16.2. The molecule has 1 aromatic carbocycles. The molecule has 0 radical (unpaired) electrons. The zero-order chi connectivity index (χ0) is 20.8. The Morgan fingerprint density at radius 1 is 1.32 bits per heavy atom. The van der Waals surface area contributed by atoms with Crippen molar-refractivity contribution < 1.29 is 19.2 Å². The summed E-state index contributed by atoms with van der Waals surface area (Å²) in [6, 6.07) is 2.69. The Hall–Kier alpha value is -2.18. The number of benzene rings is 1. The Balaban J connectivity index is 2.52. The quantitative estimate of drug-likeness (QED) is 0.442. The van der Waals surface area contributed by atoms with Gasteiger partial charge < -0.3 is 10.0 Å². The molecular weight excluding hydrogens is 363 g/mol. The summed E-state index contributed by atoms with van der Waals surface area (Å²) in [6.45, 7) is 6.48. The number of halogens is 1. The van der Waals surface area contributed by atoms with E-state index in [1.807, 2.05) is 18.7 Å². The molecule has 0 aliphatic heterocycles. The van der Waals surface area contributed by atoms with Crippen LogP contribution >= 0.6 is 0 Å². The van der Waals surface area contributed by atoms with Gasteiger partial charge in [0, 0.05) is 24.7 Å². The van der Waals surface area contributed by atoms with Gasteiger partial charge in [-0.15, -0.1) is 0 Å². The molecule has 1 unspecified atom stereocenters. The van der Waals surface area contributed by atoms with Crippen LogP contribution in [-0.4, -0.2) is 28.6 Å². The number of hydrogen-bond donors (Lipinski definition) is 1. The molecule has 1 aliphatic carbocycles. The van der Waals surface area contributed by atoms with Gasteiger partial charge in [0.25, 0.3) is 5.69 Å². The van der Waals surface area contributed by atoms with Crippen molar-refractivity contribution in [1.82, 2.24) is 0 Å². The number of aliphatic carboxylic acids is 1. The van der Waals surface area contributed by atoms with Crippen LogP contribution in [0.25, 0.3) is 0 Å². The van der Waals surface area contributed by atoms with Crippen LogP contribution in [0.15, 0.2) is 12.1 Å². The average Bonchev–Trinajstić information content (AvgIpc) is 2.64. The van der Waals surface area contributed by atoms with Gasteiger partial charge in [0.05, 0.1) is 11.3 Å². The minimum Gasteiger partial charge on any atom is -0.481 e. The summed E-state index contributed by atoms with van der Waals surface area (Å²) >= 11 is 0. The van der Waals surface area contributed by atoms with Crippen molar-refractivity contribution in [1.29, 1.82) is 0 Å². The van der Waals surface area contributed by atoms with Crippen LogP contribution in [0.3, 0.4) is 0 Å². The third-order valence-corrected chi connectivity index (χ3v) is 5.53. The van der Waals surface area contributed by atoms with Gasteiger partial charge in [0.15, 0.2) is 0 Å². The van der Waals surface area contributed by atoms with Crippen molar-refractivity contribution in [3.63, 3.8) is 0 Å². The van der Waals surface area contributed by atoms with Crippen molar-refractivity contribution in [3.05, 3.63) is 33.6 Å². The second-order valence-electron chi connectivity index (χ2n) is 8.16. The van der Waals surface area contributed by atoms with Crippen molar-refractivity contribution >= 4 is 17.3 Å². The minimum absolute atomic E-state index is 0.119. The third kappa shape index (κ3) is 5.42. The van der Waals surface area contributed by atoms with Crippen molar-refractivity contribution in [2.75, 3.05) is 11.4 Å². The monoisotopic (exact) mass is 394 g/mol. The Bertz CT molecular complexity index is 702. The lowest BCUT2D eigenvalue weighted by Gasteiger charge is -2.37. The molecule has 6 nitrogen and oxygen atoms in total. The number of hydrogen-bond acceptors (Lipinski definition) is 4. The van der Waals surface area contributed by atoms with Crippen LogP contribution in [0.1, 0.15) is 77.2 Å². The maximum Gasteiger partial charge on any atom is 0.303 e. The standard InChI is InChI=1S/C21H31FN2O4/c1-4-15(10-21(25)26)17-11-20(24(27)28)19(12-18(17)22)23(13-14(2)3)16-8-6-5-7-9-16/h11-12,14-16H,4-10,13H2,1-3H3,(H,25,26). The second-order valence-corrected chi connectivity index (χ2v) is 8.16. The van der Waals surface area contributed by atoms with Gasteiger partial charge in [-0.1, -0.05) is 40.0 Å². The number of carboxylic acid groups (broad SMARTS) is 1. The lowest BCUT2D eigenvalue weighted by molar-refractivity contribution is -0.384. The first-order valence-electron chi connectivity index (χ1n) is 10.2. The lowest BCUT2D eigenvalue weighted by Crippen LogP contribution is -2.39. The first-order chi connectivity index (χ1) is 13.2. The van der Waals surface area contributed by atoms with E-state index in [0.717, 1.165) is 32.1 Å². The summed E-state index contributed by atoms with van der Waals surface area (Å²) in [4.78, 5) is 24.5. The molecule has 156 valence electrons. The number of nitro groups is 1. The first-order valence-corrected chi connectivity index (χ1v) is 10.2. The number of nitro benzene ring substituents is 1. The summed E-state index contributed by atoms with van der Waals surface area (Å²) in [7, 11) is 0. The Morgan fingerprint density at radius 3 is 2.46 bits per heavy atom. The predicted octanol–water partition coefficient (Wildman–Crippen LogP) is 5.50. The lowest BCUT2D eigenvalue weighted by atomic mass is 9.90. The molecule has 7 heteroatoms. The molecule has 1 aromatic rings. The summed E-state index contributed by atoms with van der Waals surface area (Å²) in [5.41, 5.74) is 0.303. The molecule has 0 amide bonds. The van der Waals surface area contributed by atoms with Crippen LogP contribution in [0.2, 0.25) is 0 Å². The first kappa shape index (κ1) is 22.1. The van der Waals surface area contributed by atoms with E-state index in [1.165, 1.54) is 12.1 Å². The Kier molecular flexibility index (Phi) is 7.78. The molecule has 2 rings (SSSR count). The molecule has 1 saturated carbocycles. The van der Waals surface area contributed by atoms with E-state index in [9.17, 15) is 14.9 Å². The van der Waals surface area contributed by atoms with Crippen LogP contribution < -0.4 is 4.90 Å². The highest BCUT2D eigenvalue weighted by Crippen LogP contribution is 2.39. The summed E-state index contributed by atoms with van der Waals surface area (Å²) in [5, 5.41) is 20.9. The van der Waals surface area contributed by atoms with E-state index in [0.29, 0.717) is 18.7 Å². The van der Waals surface area contributed by atoms with E-state index < -0.39 is 22.6 Å². The fourth-order valence-electron chi connectivity index (χ4n) is 4.17. The molecule has 0 saturated heterocycles. The summed E-state index contributed by atoms with van der Waals surface area (Å²) in [6.07, 6.45) is 5.36. The van der Waals surface area contributed by atoms with Crippen LogP contribution in [0, 0.1) is 21.8 Å². The topological polar surface area (TPSA) is 83.7 Å². The number of carboxylic acids is 1. The van der Waals surface area contributed by atoms with Gasteiger partial charge in [0.1, 0.15) is 11.5 Å². The largest absolute Gasteiger partial charge is 0.481 e. The van der Waals surface area contributed by atoms with Crippen LogP contribution in [0.5, 0.6) is 0 Å². The minimum atomic E-state index is -1.04. The number of rotatable bonds is 9. The summed E-state index contributed by atoms with van der Waals surface area (Å²) in [5.74, 6) is -1.90. The molecule has 1 fully saturated rings. The molecule has 0 bridgehead atoms. The van der Waals surface area contributed by atoms with E-state index in [-0.39, 0.29) is 29.6 Å². The van der Waals surface area contributed by atoms with Gasteiger partial charge in [-0.25, -0.2) is 4.39 Å². The number of nitrogens with zero attached hydrogens (tertiary/aromatic N) is 2. The van der Waals surface area contributed by atoms with Crippen molar-refractivity contribution in [2.45, 2.75) is 77.7 Å². The smallest absolute Gasteiger partial charge is 0.303 e. The molecule has 1 N–H and O–H groups in total. The van der Waals surface area contributed by atoms with Crippen molar-refractivity contribution in [2.24, 2.45) is 5.92 Å². The maximum atomic E-state index is 15.0. The molecule has 28 heavy (non-hydrogen) atoms. The Morgan fingerprint density at radius 2 is 1.96 bits per heavy atom. The van der Waals surface area contributed by atoms with Gasteiger partial charge in [-0.05, 0) is 36.7 Å². The van der Waals surface area contributed by atoms with E-state index in [2.05, 4.69) is 0 Å². The zero-order valence-electron chi connectivity index (χ0n) is 17.0. The maximum absolute atomic E-state index is 15.0. The van der Waals surface area contributed by atoms with Gasteiger partial charge in [-0.3, -0.25) is 14.9 Å². The molecule has 0 heterocycles. The second kappa shape index (κ2) is 9.85. The summed E-state index contributed by atoms with van der Waals surface area (Å²) < 4.78 is 15.0. The zero-order valence-corrected chi connectivity index (χ0v) is 17.0. The van der Waals surface area contributed by atoms with E-state index >= 15 is 4.39 Å². The SMILES string of the molecule is CCC(CC(=O)O)c1cc([N+](=O)[O-])c(N(CC(C)C)C2CCCCC2)cc1F. The van der Waals surface area contributed by atoms with Gasteiger partial charge in [-0.2, -0.15) is 0 Å². The number of carbonyl (C=O) groups is 1.